The Morgan fingerprint density at radius 3 is 2.28 bits per heavy atom. The summed E-state index contributed by atoms with van der Waals surface area (Å²) in [5.41, 5.74) is 0.475. The van der Waals surface area contributed by atoms with Crippen molar-refractivity contribution in [2.24, 2.45) is 11.3 Å². The Morgan fingerprint density at radius 2 is 1.69 bits per heavy atom. The van der Waals surface area contributed by atoms with E-state index in [1.807, 2.05) is 51.1 Å². The number of amides is 3. The van der Waals surface area contributed by atoms with Crippen molar-refractivity contribution in [1.82, 2.24) is 14.7 Å². The average Bonchev–Trinajstić information content (AvgIpc) is 3.14. The number of rotatable bonds is 5. The molecule has 1 aromatic rings. The second kappa shape index (κ2) is 8.74. The van der Waals surface area contributed by atoms with Crippen molar-refractivity contribution in [2.75, 3.05) is 38.6 Å². The highest BCUT2D eigenvalue weighted by molar-refractivity contribution is 6.19. The molecule has 2 aliphatic rings. The first-order chi connectivity index (χ1) is 13.7. The summed E-state index contributed by atoms with van der Waals surface area (Å²) in [6.45, 7) is 8.16. The van der Waals surface area contributed by atoms with Gasteiger partial charge in [-0.1, -0.05) is 30.3 Å². The van der Waals surface area contributed by atoms with Crippen LogP contribution in [0.15, 0.2) is 30.3 Å². The van der Waals surface area contributed by atoms with Crippen LogP contribution in [0.3, 0.4) is 0 Å². The Kier molecular flexibility index (Phi) is 6.52. The minimum absolute atomic E-state index is 0.0183. The fraction of sp³-hybridized carbons (Fsp3) is 0.591. The third-order valence-electron chi connectivity index (χ3n) is 6.05. The maximum absolute atomic E-state index is 13.0. The van der Waals surface area contributed by atoms with E-state index in [0.717, 1.165) is 5.56 Å². The van der Waals surface area contributed by atoms with Crippen molar-refractivity contribution in [1.29, 1.82) is 0 Å². The Morgan fingerprint density at radius 1 is 1.10 bits per heavy atom. The molecule has 2 fully saturated rings. The highest BCUT2D eigenvalue weighted by Gasteiger charge is 2.40. The van der Waals surface area contributed by atoms with Crippen LogP contribution in [-0.2, 0) is 14.4 Å². The number of alkyl halides is 1. The van der Waals surface area contributed by atoms with Crippen LogP contribution < -0.4 is 0 Å². The number of benzene rings is 1. The lowest BCUT2D eigenvalue weighted by atomic mass is 9.94. The van der Waals surface area contributed by atoms with Crippen molar-refractivity contribution in [3.63, 3.8) is 0 Å². The predicted octanol–water partition coefficient (Wildman–Crippen LogP) is 2.53. The Hall–Kier alpha value is -2.08. The van der Waals surface area contributed by atoms with Crippen molar-refractivity contribution in [2.45, 2.75) is 33.2 Å². The van der Waals surface area contributed by atoms with Gasteiger partial charge in [0.15, 0.2) is 0 Å². The number of carbonyl (C=O) groups is 3. The van der Waals surface area contributed by atoms with Crippen molar-refractivity contribution >= 4 is 29.3 Å². The second-order valence-corrected chi connectivity index (χ2v) is 8.94. The van der Waals surface area contributed by atoms with E-state index < -0.39 is 5.41 Å². The van der Waals surface area contributed by atoms with E-state index in [2.05, 4.69) is 0 Å². The molecule has 2 aliphatic heterocycles. The molecule has 2 heterocycles. The topological polar surface area (TPSA) is 60.9 Å². The molecule has 0 radical (unpaired) electrons. The Balaban J connectivity index is 1.57. The maximum Gasteiger partial charge on any atom is 0.229 e. The molecular weight excluding hydrogens is 390 g/mol. The molecule has 158 valence electrons. The number of piperazine rings is 1. The van der Waals surface area contributed by atoms with E-state index in [-0.39, 0.29) is 42.0 Å². The molecule has 0 bridgehead atoms. The van der Waals surface area contributed by atoms with Crippen LogP contribution >= 0.6 is 11.6 Å². The molecule has 0 spiro atoms. The van der Waals surface area contributed by atoms with Crippen molar-refractivity contribution < 1.29 is 14.4 Å². The molecule has 3 rings (SSSR count). The van der Waals surface area contributed by atoms with Gasteiger partial charge in [-0.25, -0.2) is 0 Å². The fourth-order valence-corrected chi connectivity index (χ4v) is 4.17. The molecule has 7 heteroatoms. The van der Waals surface area contributed by atoms with E-state index in [0.29, 0.717) is 32.7 Å². The number of hydrogen-bond acceptors (Lipinski definition) is 3. The van der Waals surface area contributed by atoms with Gasteiger partial charge in [0, 0.05) is 45.0 Å². The normalized spacial score (nSPS) is 21.4. The number of carbonyl (C=O) groups excluding carboxylic acids is 3. The zero-order valence-corrected chi connectivity index (χ0v) is 18.2. The zero-order valence-electron chi connectivity index (χ0n) is 17.4. The van der Waals surface area contributed by atoms with Crippen molar-refractivity contribution in [3.05, 3.63) is 35.9 Å². The molecule has 29 heavy (non-hydrogen) atoms. The fourth-order valence-electron chi connectivity index (χ4n) is 4.06. The smallest absolute Gasteiger partial charge is 0.229 e. The van der Waals surface area contributed by atoms with Crippen LogP contribution in [0.25, 0.3) is 0 Å². The zero-order chi connectivity index (χ0) is 21.2. The minimum atomic E-state index is -0.598. The van der Waals surface area contributed by atoms with Crippen LogP contribution in [0.2, 0.25) is 0 Å². The molecule has 0 N–H and O–H groups in total. The van der Waals surface area contributed by atoms with E-state index in [1.54, 1.807) is 14.7 Å². The summed E-state index contributed by atoms with van der Waals surface area (Å²) < 4.78 is 0. The van der Waals surface area contributed by atoms with Crippen LogP contribution in [0.1, 0.15) is 38.8 Å². The standard InChI is InChI=1S/C22H30ClN3O3/c1-16(17-7-5-4-6-8-17)26-14-18(13-19(26)27)20(28)24-9-11-25(12-10-24)21(29)22(2,3)15-23/h4-8,16,18H,9-15H2,1-3H3. The molecule has 3 amide bonds. The summed E-state index contributed by atoms with van der Waals surface area (Å²) in [5, 5.41) is 0. The highest BCUT2D eigenvalue weighted by atomic mass is 35.5. The van der Waals surface area contributed by atoms with Gasteiger partial charge in [-0.2, -0.15) is 0 Å². The maximum atomic E-state index is 13.0. The quantitative estimate of drug-likeness (QED) is 0.689. The van der Waals surface area contributed by atoms with Gasteiger partial charge in [0.1, 0.15) is 0 Å². The molecule has 0 aromatic heterocycles. The van der Waals surface area contributed by atoms with Gasteiger partial charge in [0.2, 0.25) is 17.7 Å². The first-order valence-electron chi connectivity index (χ1n) is 10.2. The van der Waals surface area contributed by atoms with Gasteiger partial charge < -0.3 is 14.7 Å². The molecule has 6 nitrogen and oxygen atoms in total. The molecule has 0 saturated carbocycles. The first kappa shape index (κ1) is 21.6. The lowest BCUT2D eigenvalue weighted by molar-refractivity contribution is -0.146. The SMILES string of the molecule is CC(c1ccccc1)N1CC(C(=O)N2CCN(C(=O)C(C)(C)CCl)CC2)CC1=O. The van der Waals surface area contributed by atoms with Crippen LogP contribution in [0.5, 0.6) is 0 Å². The lowest BCUT2D eigenvalue weighted by Gasteiger charge is -2.38. The van der Waals surface area contributed by atoms with Crippen LogP contribution in [-0.4, -0.2) is 71.0 Å². The van der Waals surface area contributed by atoms with Gasteiger partial charge >= 0.3 is 0 Å². The summed E-state index contributed by atoms with van der Waals surface area (Å²) in [7, 11) is 0. The molecular formula is C22H30ClN3O3. The van der Waals surface area contributed by atoms with Gasteiger partial charge in [-0.3, -0.25) is 14.4 Å². The second-order valence-electron chi connectivity index (χ2n) is 8.67. The summed E-state index contributed by atoms with van der Waals surface area (Å²) in [6.07, 6.45) is 0.258. The first-order valence-corrected chi connectivity index (χ1v) is 10.8. The van der Waals surface area contributed by atoms with E-state index in [4.69, 9.17) is 11.6 Å². The average molecular weight is 420 g/mol. The third-order valence-corrected chi connectivity index (χ3v) is 6.72. The summed E-state index contributed by atoms with van der Waals surface area (Å²) >= 11 is 5.92. The van der Waals surface area contributed by atoms with Gasteiger partial charge in [0.05, 0.1) is 17.4 Å². The number of hydrogen-bond donors (Lipinski definition) is 0. The van der Waals surface area contributed by atoms with Crippen LogP contribution in [0, 0.1) is 11.3 Å². The van der Waals surface area contributed by atoms with E-state index in [9.17, 15) is 14.4 Å². The molecule has 1 aromatic carbocycles. The Bertz CT molecular complexity index is 760. The minimum Gasteiger partial charge on any atom is -0.339 e. The summed E-state index contributed by atoms with van der Waals surface area (Å²) in [4.78, 5) is 43.5. The summed E-state index contributed by atoms with van der Waals surface area (Å²) in [5.74, 6) is 0.0285. The van der Waals surface area contributed by atoms with Crippen molar-refractivity contribution in [3.8, 4) is 0 Å². The number of likely N-dealkylation sites (tertiary alicyclic amines) is 1. The van der Waals surface area contributed by atoms with E-state index in [1.165, 1.54) is 0 Å². The lowest BCUT2D eigenvalue weighted by Crippen LogP contribution is -2.54. The number of halogens is 1. The highest BCUT2D eigenvalue weighted by Crippen LogP contribution is 2.30. The molecule has 2 atom stereocenters. The predicted molar refractivity (Wildman–Crippen MR) is 112 cm³/mol. The van der Waals surface area contributed by atoms with E-state index >= 15 is 0 Å². The number of nitrogens with zero attached hydrogens (tertiary/aromatic N) is 3. The summed E-state index contributed by atoms with van der Waals surface area (Å²) in [6, 6.07) is 9.83. The monoisotopic (exact) mass is 419 g/mol. The van der Waals surface area contributed by atoms with Gasteiger partial charge in [-0.15, -0.1) is 11.6 Å². The third kappa shape index (κ3) is 4.58. The largest absolute Gasteiger partial charge is 0.339 e. The van der Waals surface area contributed by atoms with Gasteiger partial charge in [-0.05, 0) is 26.3 Å². The Labute approximate surface area is 177 Å². The molecule has 0 aliphatic carbocycles. The molecule has 2 saturated heterocycles. The van der Waals surface area contributed by atoms with Gasteiger partial charge in [0.25, 0.3) is 0 Å². The molecule has 2 unspecified atom stereocenters. The van der Waals surface area contributed by atoms with Crippen LogP contribution in [0.4, 0.5) is 0 Å².